The molecule has 1 fully saturated rings. The second-order valence-corrected chi connectivity index (χ2v) is 7.80. The van der Waals surface area contributed by atoms with E-state index in [-0.39, 0.29) is 30.2 Å². The zero-order valence-corrected chi connectivity index (χ0v) is 17.6. The maximum atomic E-state index is 14.0. The molecular formula is C22H28F2N4O2. The maximum absolute atomic E-state index is 14.0. The summed E-state index contributed by atoms with van der Waals surface area (Å²) in [6.07, 6.45) is 4.47. The Labute approximate surface area is 175 Å². The number of aromatic nitrogens is 1. The van der Waals surface area contributed by atoms with Crippen LogP contribution in [0.3, 0.4) is 0 Å². The van der Waals surface area contributed by atoms with Gasteiger partial charge in [-0.3, -0.25) is 4.79 Å². The van der Waals surface area contributed by atoms with Crippen molar-refractivity contribution in [1.29, 1.82) is 0 Å². The van der Waals surface area contributed by atoms with E-state index in [0.29, 0.717) is 19.0 Å². The van der Waals surface area contributed by atoms with E-state index in [4.69, 9.17) is 0 Å². The van der Waals surface area contributed by atoms with Crippen LogP contribution >= 0.6 is 0 Å². The molecule has 1 unspecified atom stereocenters. The zero-order chi connectivity index (χ0) is 21.8. The molecule has 3 amide bonds. The van der Waals surface area contributed by atoms with Gasteiger partial charge in [0.1, 0.15) is 18.2 Å². The summed E-state index contributed by atoms with van der Waals surface area (Å²) in [6.45, 7) is 4.13. The van der Waals surface area contributed by atoms with Crippen LogP contribution in [-0.4, -0.2) is 44.9 Å². The summed E-state index contributed by atoms with van der Waals surface area (Å²) in [5, 5.41) is 2.47. The van der Waals surface area contributed by atoms with Crippen molar-refractivity contribution in [2.75, 3.05) is 11.9 Å². The first-order valence-electron chi connectivity index (χ1n) is 10.2. The van der Waals surface area contributed by atoms with Gasteiger partial charge in [-0.1, -0.05) is 6.92 Å². The summed E-state index contributed by atoms with van der Waals surface area (Å²) in [5.41, 5.74) is 0.896. The van der Waals surface area contributed by atoms with Gasteiger partial charge in [0, 0.05) is 37.1 Å². The van der Waals surface area contributed by atoms with Gasteiger partial charge in [-0.25, -0.2) is 13.6 Å². The maximum Gasteiger partial charge on any atom is 0.322 e. The lowest BCUT2D eigenvalue weighted by molar-refractivity contribution is -0.133. The molecule has 8 heteroatoms. The molecule has 0 saturated heterocycles. The van der Waals surface area contributed by atoms with E-state index in [0.717, 1.165) is 24.6 Å². The highest BCUT2D eigenvalue weighted by Crippen LogP contribution is 2.29. The van der Waals surface area contributed by atoms with E-state index in [2.05, 4.69) is 5.32 Å². The van der Waals surface area contributed by atoms with E-state index in [1.165, 1.54) is 11.0 Å². The summed E-state index contributed by atoms with van der Waals surface area (Å²) < 4.78 is 29.1. The number of hydrogen-bond acceptors (Lipinski definition) is 2. The quantitative estimate of drug-likeness (QED) is 0.701. The Balaban J connectivity index is 1.73. The van der Waals surface area contributed by atoms with Crippen molar-refractivity contribution in [1.82, 2.24) is 14.4 Å². The molecule has 30 heavy (non-hydrogen) atoms. The van der Waals surface area contributed by atoms with Crippen LogP contribution in [0.1, 0.15) is 38.8 Å². The first kappa shape index (κ1) is 21.8. The van der Waals surface area contributed by atoms with Crippen LogP contribution in [-0.2, 0) is 18.4 Å². The molecule has 1 aromatic heterocycles. The van der Waals surface area contributed by atoms with E-state index >= 15 is 0 Å². The van der Waals surface area contributed by atoms with Gasteiger partial charge in [-0.05, 0) is 50.5 Å². The predicted molar refractivity (Wildman–Crippen MR) is 111 cm³/mol. The molecule has 1 aromatic carbocycles. The van der Waals surface area contributed by atoms with E-state index < -0.39 is 17.7 Å². The smallest absolute Gasteiger partial charge is 0.322 e. The van der Waals surface area contributed by atoms with Gasteiger partial charge >= 0.3 is 6.03 Å². The Hall–Kier alpha value is -2.90. The van der Waals surface area contributed by atoms with Gasteiger partial charge in [-0.2, -0.15) is 0 Å². The van der Waals surface area contributed by atoms with E-state index in [1.54, 1.807) is 0 Å². The van der Waals surface area contributed by atoms with Crippen LogP contribution < -0.4 is 5.32 Å². The molecule has 3 rings (SSSR count). The number of rotatable bonds is 8. The molecular weight excluding hydrogens is 390 g/mol. The van der Waals surface area contributed by atoms with Crippen molar-refractivity contribution in [3.63, 3.8) is 0 Å². The molecule has 0 bridgehead atoms. The van der Waals surface area contributed by atoms with Crippen molar-refractivity contribution in [3.8, 4) is 0 Å². The molecule has 0 radical (unpaired) electrons. The lowest BCUT2D eigenvalue weighted by Crippen LogP contribution is -2.48. The van der Waals surface area contributed by atoms with Gasteiger partial charge in [0.15, 0.2) is 0 Å². The number of urea groups is 1. The number of halogens is 2. The number of hydrogen-bond donors (Lipinski definition) is 1. The van der Waals surface area contributed by atoms with Crippen LogP contribution in [0.2, 0.25) is 0 Å². The average Bonchev–Trinajstić information content (AvgIpc) is 3.47. The Morgan fingerprint density at radius 1 is 1.27 bits per heavy atom. The fourth-order valence-electron chi connectivity index (χ4n) is 3.31. The fraction of sp³-hybridized carbons (Fsp3) is 0.455. The van der Waals surface area contributed by atoms with Gasteiger partial charge < -0.3 is 19.7 Å². The summed E-state index contributed by atoms with van der Waals surface area (Å²) in [7, 11) is 1.93. The Morgan fingerprint density at radius 3 is 2.57 bits per heavy atom. The number of anilines is 1. The van der Waals surface area contributed by atoms with E-state index in [9.17, 15) is 18.4 Å². The Kier molecular flexibility index (Phi) is 6.74. The minimum absolute atomic E-state index is 0.107. The second-order valence-electron chi connectivity index (χ2n) is 7.80. The molecule has 1 aliphatic rings. The summed E-state index contributed by atoms with van der Waals surface area (Å²) in [4.78, 5) is 29.2. The first-order valence-corrected chi connectivity index (χ1v) is 10.2. The van der Waals surface area contributed by atoms with Gasteiger partial charge in [0.25, 0.3) is 0 Å². The highest BCUT2D eigenvalue weighted by Gasteiger charge is 2.35. The number of carbonyl (C=O) groups is 2. The molecule has 1 aliphatic carbocycles. The van der Waals surface area contributed by atoms with Crippen molar-refractivity contribution in [3.05, 3.63) is 53.9 Å². The average molecular weight is 418 g/mol. The van der Waals surface area contributed by atoms with Crippen molar-refractivity contribution in [2.24, 2.45) is 7.05 Å². The lowest BCUT2D eigenvalue weighted by Gasteiger charge is -2.31. The van der Waals surface area contributed by atoms with Gasteiger partial charge in [-0.15, -0.1) is 0 Å². The van der Waals surface area contributed by atoms with Crippen LogP contribution in [0.5, 0.6) is 0 Å². The van der Waals surface area contributed by atoms with Crippen molar-refractivity contribution < 1.29 is 18.4 Å². The normalized spacial score (nSPS) is 14.3. The third-order valence-corrected chi connectivity index (χ3v) is 5.55. The number of carbonyl (C=O) groups excluding carboxylic acids is 2. The molecule has 1 heterocycles. The number of aryl methyl sites for hydroxylation is 1. The molecule has 162 valence electrons. The molecule has 1 N–H and O–H groups in total. The van der Waals surface area contributed by atoms with Crippen LogP contribution in [0.4, 0.5) is 19.3 Å². The first-order chi connectivity index (χ1) is 14.3. The zero-order valence-electron chi connectivity index (χ0n) is 17.6. The number of benzene rings is 1. The highest BCUT2D eigenvalue weighted by molar-refractivity contribution is 5.92. The Bertz CT molecular complexity index is 910. The molecule has 6 nitrogen and oxygen atoms in total. The third kappa shape index (κ3) is 5.17. The minimum Gasteiger partial charge on any atom is -0.353 e. The largest absolute Gasteiger partial charge is 0.353 e. The number of nitrogens with one attached hydrogen (secondary N) is 1. The summed E-state index contributed by atoms with van der Waals surface area (Å²) in [5.74, 6) is -1.73. The third-order valence-electron chi connectivity index (χ3n) is 5.55. The van der Waals surface area contributed by atoms with Crippen LogP contribution in [0, 0.1) is 11.6 Å². The minimum atomic E-state index is -0.859. The molecule has 1 atom stereocenters. The molecule has 2 aromatic rings. The van der Waals surface area contributed by atoms with E-state index in [1.807, 2.05) is 48.7 Å². The SMILES string of the molecule is CCC(C)N(CC(=O)N(Cc1cccn1C)C1CC1)C(=O)Nc1ccc(F)cc1F. The fourth-order valence-corrected chi connectivity index (χ4v) is 3.31. The molecule has 0 spiro atoms. The Morgan fingerprint density at radius 2 is 2.00 bits per heavy atom. The predicted octanol–water partition coefficient (Wildman–Crippen LogP) is 4.13. The molecule has 0 aliphatic heterocycles. The number of amides is 3. The van der Waals surface area contributed by atoms with Gasteiger partial charge in [0.05, 0.1) is 12.2 Å². The highest BCUT2D eigenvalue weighted by atomic mass is 19.1. The lowest BCUT2D eigenvalue weighted by atomic mass is 10.2. The second kappa shape index (κ2) is 9.28. The summed E-state index contributed by atoms with van der Waals surface area (Å²) in [6, 6.07) is 6.23. The topological polar surface area (TPSA) is 57.6 Å². The van der Waals surface area contributed by atoms with Crippen molar-refractivity contribution >= 4 is 17.6 Å². The van der Waals surface area contributed by atoms with Gasteiger partial charge in [0.2, 0.25) is 5.91 Å². The monoisotopic (exact) mass is 418 g/mol. The van der Waals surface area contributed by atoms with Crippen LogP contribution in [0.25, 0.3) is 0 Å². The standard InChI is InChI=1S/C22H28F2N4O2/c1-4-15(2)27(22(30)25-20-10-7-16(23)12-19(20)24)14-21(29)28(17-8-9-17)13-18-6-5-11-26(18)3/h5-7,10-12,15,17H,4,8-9,13-14H2,1-3H3,(H,25,30). The van der Waals surface area contributed by atoms with Crippen LogP contribution in [0.15, 0.2) is 36.5 Å². The molecule has 1 saturated carbocycles. The van der Waals surface area contributed by atoms with Crippen molar-refractivity contribution in [2.45, 2.75) is 51.7 Å². The summed E-state index contributed by atoms with van der Waals surface area (Å²) >= 11 is 0. The number of nitrogens with zero attached hydrogens (tertiary/aromatic N) is 3.